The average Bonchev–Trinajstić information content (AvgIpc) is 3.74. The fourth-order valence-corrected chi connectivity index (χ4v) is 5.51. The van der Waals surface area contributed by atoms with E-state index < -0.39 is 0 Å². The van der Waals surface area contributed by atoms with E-state index in [0.29, 0.717) is 13.2 Å². The largest absolute Gasteiger partial charge is 0.491 e. The zero-order chi connectivity index (χ0) is 20.4. The van der Waals surface area contributed by atoms with Crippen molar-refractivity contribution in [1.29, 1.82) is 0 Å². The van der Waals surface area contributed by atoms with Crippen LogP contribution in [0.3, 0.4) is 0 Å². The quantitative estimate of drug-likeness (QED) is 0.315. The average molecular weight is 429 g/mol. The van der Waals surface area contributed by atoms with Gasteiger partial charge in [-0.25, -0.2) is 0 Å². The van der Waals surface area contributed by atoms with E-state index in [4.69, 9.17) is 18.9 Å². The second kappa shape index (κ2) is 6.82. The van der Waals surface area contributed by atoms with Crippen molar-refractivity contribution in [1.82, 2.24) is 0 Å². The summed E-state index contributed by atoms with van der Waals surface area (Å²) in [5.74, 6) is 1.81. The van der Waals surface area contributed by atoms with Crippen molar-refractivity contribution in [3.63, 3.8) is 0 Å². The normalized spacial score (nSPS) is 20.0. The summed E-state index contributed by atoms with van der Waals surface area (Å²) in [6.07, 6.45) is 0.472. The lowest BCUT2D eigenvalue weighted by molar-refractivity contribution is 0.263. The van der Waals surface area contributed by atoms with Gasteiger partial charge in [0, 0.05) is 30.9 Å². The Kier molecular flexibility index (Phi) is 3.91. The Bertz CT molecular complexity index is 1460. The van der Waals surface area contributed by atoms with Crippen LogP contribution in [0.4, 0.5) is 0 Å². The third-order valence-electron chi connectivity index (χ3n) is 6.06. The first-order valence-electron chi connectivity index (χ1n) is 10.6. The summed E-state index contributed by atoms with van der Waals surface area (Å²) < 4.78 is 25.4. The van der Waals surface area contributed by atoms with E-state index in [9.17, 15) is 0 Å². The Morgan fingerprint density at radius 1 is 0.774 bits per heavy atom. The molecule has 1 aromatic heterocycles. The van der Waals surface area contributed by atoms with Gasteiger partial charge in [-0.15, -0.1) is 11.3 Å². The van der Waals surface area contributed by atoms with E-state index >= 15 is 0 Å². The third kappa shape index (κ3) is 3.12. The van der Waals surface area contributed by atoms with Crippen molar-refractivity contribution in [2.45, 2.75) is 12.2 Å². The smallest absolute Gasteiger partial charge is 0.127 e. The van der Waals surface area contributed by atoms with E-state index in [-0.39, 0.29) is 12.2 Å². The lowest BCUT2D eigenvalue weighted by atomic mass is 10.0. The van der Waals surface area contributed by atoms with E-state index in [1.807, 2.05) is 17.4 Å². The molecule has 2 unspecified atom stereocenters. The molecule has 4 aromatic carbocycles. The lowest BCUT2D eigenvalue weighted by Gasteiger charge is -2.10. The fourth-order valence-electron chi connectivity index (χ4n) is 4.27. The highest BCUT2D eigenvalue weighted by Crippen LogP contribution is 2.45. The molecule has 0 spiro atoms. The predicted octanol–water partition coefficient (Wildman–Crippen LogP) is 5.92. The second-order valence-electron chi connectivity index (χ2n) is 8.25. The molecular formula is C26H20O4S. The number of rotatable bonds is 6. The molecular weight excluding hydrogens is 408 g/mol. The monoisotopic (exact) mass is 428 g/mol. The van der Waals surface area contributed by atoms with Crippen LogP contribution in [0.1, 0.15) is 0 Å². The molecule has 0 saturated carbocycles. The molecule has 5 aromatic rings. The zero-order valence-electron chi connectivity index (χ0n) is 16.8. The molecule has 2 fully saturated rings. The summed E-state index contributed by atoms with van der Waals surface area (Å²) in [5, 5.41) is 7.32. The van der Waals surface area contributed by atoms with Gasteiger partial charge in [0.05, 0.1) is 13.2 Å². The van der Waals surface area contributed by atoms with E-state index in [2.05, 4.69) is 54.6 Å². The predicted molar refractivity (Wildman–Crippen MR) is 125 cm³/mol. The second-order valence-corrected chi connectivity index (χ2v) is 9.31. The molecule has 2 aliphatic heterocycles. The van der Waals surface area contributed by atoms with Crippen LogP contribution in [0, 0.1) is 0 Å². The first kappa shape index (κ1) is 17.8. The van der Waals surface area contributed by atoms with Crippen LogP contribution in [0.5, 0.6) is 11.5 Å². The SMILES string of the molecule is c1ccc2c(c1)c(OCC1CO1)cc1c2sc2ccc3ccc(OCC4CO4)cc3c21. The minimum atomic E-state index is 0.227. The topological polar surface area (TPSA) is 43.5 Å². The number of hydrogen-bond donors (Lipinski definition) is 0. The minimum absolute atomic E-state index is 0.227. The standard InChI is InChI=1S/C26H20O4S/c1-2-4-20-19(3-1)23(30-14-18-13-29-18)10-22-25-21-9-16(27-11-17-12-28-17)7-5-15(21)6-8-24(25)31-26(20)22/h1-10,17-18H,11-14H2. The highest BCUT2D eigenvalue weighted by Gasteiger charge is 2.24. The van der Waals surface area contributed by atoms with Crippen LogP contribution < -0.4 is 9.47 Å². The van der Waals surface area contributed by atoms with Gasteiger partial charge < -0.3 is 18.9 Å². The molecule has 0 bridgehead atoms. The highest BCUT2D eigenvalue weighted by molar-refractivity contribution is 7.26. The van der Waals surface area contributed by atoms with Gasteiger partial charge in [-0.3, -0.25) is 0 Å². The number of epoxide rings is 2. The third-order valence-corrected chi connectivity index (χ3v) is 7.26. The van der Waals surface area contributed by atoms with Crippen LogP contribution in [-0.4, -0.2) is 38.6 Å². The maximum atomic E-state index is 6.22. The molecule has 7 rings (SSSR count). The van der Waals surface area contributed by atoms with Gasteiger partial charge in [-0.2, -0.15) is 0 Å². The summed E-state index contributed by atoms with van der Waals surface area (Å²) in [6, 6.07) is 21.5. The minimum Gasteiger partial charge on any atom is -0.491 e. The van der Waals surface area contributed by atoms with Gasteiger partial charge in [-0.1, -0.05) is 36.4 Å². The molecule has 0 amide bonds. The number of hydrogen-bond acceptors (Lipinski definition) is 5. The summed E-state index contributed by atoms with van der Waals surface area (Å²) in [7, 11) is 0. The van der Waals surface area contributed by atoms with Gasteiger partial charge in [0.2, 0.25) is 0 Å². The van der Waals surface area contributed by atoms with Crippen molar-refractivity contribution in [2.75, 3.05) is 26.4 Å². The molecule has 0 aliphatic carbocycles. The summed E-state index contributed by atoms with van der Waals surface area (Å²) in [6.45, 7) is 2.80. The maximum Gasteiger partial charge on any atom is 0.127 e. The van der Waals surface area contributed by atoms with Crippen LogP contribution in [0.2, 0.25) is 0 Å². The van der Waals surface area contributed by atoms with Gasteiger partial charge in [-0.05, 0) is 35.0 Å². The van der Waals surface area contributed by atoms with Crippen molar-refractivity contribution in [3.8, 4) is 11.5 Å². The Labute approximate surface area is 182 Å². The summed E-state index contributed by atoms with van der Waals surface area (Å²) >= 11 is 1.84. The molecule has 0 N–H and O–H groups in total. The molecule has 5 heteroatoms. The van der Waals surface area contributed by atoms with Gasteiger partial charge in [0.15, 0.2) is 0 Å². The van der Waals surface area contributed by atoms with E-state index in [1.54, 1.807) is 0 Å². The summed E-state index contributed by atoms with van der Waals surface area (Å²) in [5.41, 5.74) is 0. The number of thiophene rings is 1. The van der Waals surface area contributed by atoms with E-state index in [1.165, 1.54) is 36.3 Å². The molecule has 154 valence electrons. The van der Waals surface area contributed by atoms with Crippen molar-refractivity contribution >= 4 is 53.1 Å². The molecule has 2 aliphatic rings. The molecule has 0 radical (unpaired) electrons. The van der Waals surface area contributed by atoms with Gasteiger partial charge >= 0.3 is 0 Å². The number of ether oxygens (including phenoxy) is 4. The molecule has 4 nitrogen and oxygen atoms in total. The fraction of sp³-hybridized carbons (Fsp3) is 0.231. The number of benzene rings is 4. The Morgan fingerprint density at radius 2 is 1.52 bits per heavy atom. The first-order valence-corrected chi connectivity index (χ1v) is 11.4. The summed E-state index contributed by atoms with van der Waals surface area (Å²) in [4.78, 5) is 0. The van der Waals surface area contributed by atoms with Crippen LogP contribution in [0.15, 0.2) is 60.7 Å². The van der Waals surface area contributed by atoms with Gasteiger partial charge in [0.25, 0.3) is 0 Å². The number of fused-ring (bicyclic) bond motifs is 7. The van der Waals surface area contributed by atoms with Crippen molar-refractivity contribution in [3.05, 3.63) is 60.7 Å². The molecule has 3 heterocycles. The Morgan fingerprint density at radius 3 is 2.32 bits per heavy atom. The molecule has 31 heavy (non-hydrogen) atoms. The highest BCUT2D eigenvalue weighted by atomic mass is 32.1. The lowest BCUT2D eigenvalue weighted by Crippen LogP contribution is -2.04. The van der Waals surface area contributed by atoms with Crippen LogP contribution in [0.25, 0.3) is 41.7 Å². The Balaban J connectivity index is 1.46. The van der Waals surface area contributed by atoms with Gasteiger partial charge in [0.1, 0.15) is 36.9 Å². The van der Waals surface area contributed by atoms with E-state index in [0.717, 1.165) is 30.1 Å². The maximum absolute atomic E-state index is 6.22. The Hall–Kier alpha value is -2.86. The molecule has 2 saturated heterocycles. The van der Waals surface area contributed by atoms with Crippen LogP contribution in [-0.2, 0) is 9.47 Å². The zero-order valence-corrected chi connectivity index (χ0v) is 17.6. The first-order chi connectivity index (χ1) is 15.3. The molecule has 2 atom stereocenters. The van der Waals surface area contributed by atoms with Crippen molar-refractivity contribution < 1.29 is 18.9 Å². The van der Waals surface area contributed by atoms with Crippen molar-refractivity contribution in [2.24, 2.45) is 0 Å². The van der Waals surface area contributed by atoms with Crippen LogP contribution >= 0.6 is 11.3 Å².